The highest BCUT2D eigenvalue weighted by atomic mass is 35.5. The first kappa shape index (κ1) is 10.5. The van der Waals surface area contributed by atoms with Crippen molar-refractivity contribution in [3.8, 4) is 0 Å². The number of hydrogen-bond donors (Lipinski definition) is 0. The normalized spacial score (nSPS) is 12.7. The molecule has 0 aliphatic rings. The lowest BCUT2D eigenvalue weighted by Crippen LogP contribution is -1.96. The van der Waals surface area contributed by atoms with Crippen LogP contribution in [0, 0.1) is 0 Å². The molecule has 2 nitrogen and oxygen atoms in total. The molecule has 0 saturated heterocycles. The van der Waals surface area contributed by atoms with E-state index in [1.165, 1.54) is 6.26 Å². The van der Waals surface area contributed by atoms with E-state index >= 15 is 0 Å². The monoisotopic (exact) mass is 241 g/mol. The van der Waals surface area contributed by atoms with Crippen LogP contribution in [0.4, 0.5) is 0 Å². The van der Waals surface area contributed by atoms with Gasteiger partial charge in [0.2, 0.25) is 0 Å². The largest absolute Gasteiger partial charge is 0.453 e. The summed E-state index contributed by atoms with van der Waals surface area (Å²) in [5.74, 6) is 0. The van der Waals surface area contributed by atoms with Crippen LogP contribution in [0.25, 0.3) is 0 Å². The van der Waals surface area contributed by atoms with Gasteiger partial charge in [-0.15, -0.1) is 11.6 Å². The second-order valence-corrected chi connectivity index (χ2v) is 4.01. The number of halogens is 2. The summed E-state index contributed by atoms with van der Waals surface area (Å²) in [5.41, 5.74) is 1.75. The Morgan fingerprint density at radius 2 is 2.20 bits per heavy atom. The van der Waals surface area contributed by atoms with E-state index in [0.717, 1.165) is 11.3 Å². The van der Waals surface area contributed by atoms with E-state index in [1.807, 2.05) is 18.2 Å². The van der Waals surface area contributed by atoms with Crippen molar-refractivity contribution in [3.63, 3.8) is 0 Å². The average molecular weight is 242 g/mol. The highest BCUT2D eigenvalue weighted by molar-refractivity contribution is 6.31. The summed E-state index contributed by atoms with van der Waals surface area (Å²) in [4.78, 5) is 4.20. The van der Waals surface area contributed by atoms with Gasteiger partial charge >= 0.3 is 0 Å². The minimum absolute atomic E-state index is 0.203. The van der Waals surface area contributed by atoms with Gasteiger partial charge in [0.1, 0.15) is 0 Å². The third kappa shape index (κ3) is 2.52. The molecule has 0 radical (unpaired) electrons. The molecule has 2 aromatic rings. The van der Waals surface area contributed by atoms with Crippen molar-refractivity contribution in [2.45, 2.75) is 11.8 Å². The number of hydrogen-bond acceptors (Lipinski definition) is 2. The molecule has 0 bridgehead atoms. The first-order valence-electron chi connectivity index (χ1n) is 4.54. The molecule has 1 atom stereocenters. The SMILES string of the molecule is Clc1occc1C(Cl)Cc1ccccn1. The predicted molar refractivity (Wildman–Crippen MR) is 60.3 cm³/mol. The van der Waals surface area contributed by atoms with Crippen molar-refractivity contribution in [3.05, 3.63) is 53.2 Å². The number of alkyl halides is 1. The lowest BCUT2D eigenvalue weighted by atomic mass is 10.1. The molecule has 0 amide bonds. The number of nitrogens with zero attached hydrogens (tertiary/aromatic N) is 1. The van der Waals surface area contributed by atoms with E-state index < -0.39 is 0 Å². The predicted octanol–water partition coefficient (Wildman–Crippen LogP) is 3.85. The molecule has 0 spiro atoms. The maximum atomic E-state index is 6.20. The van der Waals surface area contributed by atoms with Gasteiger partial charge in [0.15, 0.2) is 5.22 Å². The summed E-state index contributed by atoms with van der Waals surface area (Å²) in [7, 11) is 0. The van der Waals surface area contributed by atoms with Gasteiger partial charge in [-0.2, -0.15) is 0 Å². The van der Waals surface area contributed by atoms with Crippen LogP contribution in [0.15, 0.2) is 41.1 Å². The fourth-order valence-corrected chi connectivity index (χ4v) is 1.97. The Morgan fingerprint density at radius 3 is 2.80 bits per heavy atom. The minimum atomic E-state index is -0.203. The molecule has 0 aromatic carbocycles. The Balaban J connectivity index is 2.11. The van der Waals surface area contributed by atoms with Crippen molar-refractivity contribution in [1.29, 1.82) is 0 Å². The van der Waals surface area contributed by atoms with Crippen LogP contribution in [0.2, 0.25) is 5.22 Å². The van der Waals surface area contributed by atoms with E-state index in [1.54, 1.807) is 12.3 Å². The van der Waals surface area contributed by atoms with Crippen molar-refractivity contribution in [2.24, 2.45) is 0 Å². The van der Waals surface area contributed by atoms with Gasteiger partial charge in [-0.3, -0.25) is 4.98 Å². The molecule has 0 fully saturated rings. The number of aromatic nitrogens is 1. The third-order valence-corrected chi connectivity index (χ3v) is 2.79. The van der Waals surface area contributed by atoms with Gasteiger partial charge in [0, 0.05) is 23.9 Å². The number of rotatable bonds is 3. The summed E-state index contributed by atoms with van der Waals surface area (Å²) >= 11 is 12.0. The molecule has 4 heteroatoms. The topological polar surface area (TPSA) is 26.0 Å². The highest BCUT2D eigenvalue weighted by Crippen LogP contribution is 2.30. The smallest absolute Gasteiger partial charge is 0.197 e. The van der Waals surface area contributed by atoms with Crippen LogP contribution in [0.5, 0.6) is 0 Å². The fraction of sp³-hybridized carbons (Fsp3) is 0.182. The molecule has 0 N–H and O–H groups in total. The Kier molecular flexibility index (Phi) is 3.29. The van der Waals surface area contributed by atoms with E-state index in [-0.39, 0.29) is 5.38 Å². The summed E-state index contributed by atoms with van der Waals surface area (Å²) in [6.45, 7) is 0. The van der Waals surface area contributed by atoms with Crippen molar-refractivity contribution in [2.75, 3.05) is 0 Å². The lowest BCUT2D eigenvalue weighted by molar-refractivity contribution is 0.565. The molecule has 1 unspecified atom stereocenters. The fourth-order valence-electron chi connectivity index (χ4n) is 1.34. The van der Waals surface area contributed by atoms with E-state index in [2.05, 4.69) is 4.98 Å². The Morgan fingerprint density at radius 1 is 1.33 bits per heavy atom. The Labute approximate surface area is 97.8 Å². The first-order valence-corrected chi connectivity index (χ1v) is 5.35. The van der Waals surface area contributed by atoms with Crippen molar-refractivity contribution in [1.82, 2.24) is 4.98 Å². The molecule has 15 heavy (non-hydrogen) atoms. The standard InChI is InChI=1S/C11H9Cl2NO/c12-10(9-4-6-15-11(9)13)7-8-3-1-2-5-14-8/h1-6,10H,7H2. The molecule has 2 rings (SSSR count). The highest BCUT2D eigenvalue weighted by Gasteiger charge is 2.15. The first-order chi connectivity index (χ1) is 7.27. The van der Waals surface area contributed by atoms with Gasteiger partial charge in [0.25, 0.3) is 0 Å². The zero-order chi connectivity index (χ0) is 10.7. The van der Waals surface area contributed by atoms with Crippen molar-refractivity contribution >= 4 is 23.2 Å². The van der Waals surface area contributed by atoms with Gasteiger partial charge in [-0.25, -0.2) is 0 Å². The maximum absolute atomic E-state index is 6.20. The molecule has 2 heterocycles. The van der Waals surface area contributed by atoms with Gasteiger partial charge in [-0.1, -0.05) is 6.07 Å². The quantitative estimate of drug-likeness (QED) is 0.764. The molecule has 78 valence electrons. The summed E-state index contributed by atoms with van der Waals surface area (Å²) in [5, 5.41) is 0.150. The van der Waals surface area contributed by atoms with Crippen LogP contribution < -0.4 is 0 Å². The maximum Gasteiger partial charge on any atom is 0.197 e. The van der Waals surface area contributed by atoms with Crippen LogP contribution in [-0.4, -0.2) is 4.98 Å². The van der Waals surface area contributed by atoms with Gasteiger partial charge < -0.3 is 4.42 Å². The average Bonchev–Trinajstić information content (AvgIpc) is 2.66. The number of pyridine rings is 1. The second kappa shape index (κ2) is 4.69. The zero-order valence-electron chi connectivity index (χ0n) is 7.86. The molecular weight excluding hydrogens is 233 g/mol. The van der Waals surface area contributed by atoms with Gasteiger partial charge in [-0.05, 0) is 29.8 Å². The van der Waals surface area contributed by atoms with Crippen molar-refractivity contribution < 1.29 is 4.42 Å². The zero-order valence-corrected chi connectivity index (χ0v) is 9.37. The molecule has 0 aliphatic carbocycles. The molecule has 0 aliphatic heterocycles. The third-order valence-electron chi connectivity index (χ3n) is 2.10. The van der Waals surface area contributed by atoms with E-state index in [9.17, 15) is 0 Å². The van der Waals surface area contributed by atoms with E-state index in [4.69, 9.17) is 27.6 Å². The van der Waals surface area contributed by atoms with Gasteiger partial charge in [0.05, 0.1) is 11.6 Å². The summed E-state index contributed by atoms with van der Waals surface area (Å²) < 4.78 is 4.98. The van der Waals surface area contributed by atoms with Crippen LogP contribution in [0.3, 0.4) is 0 Å². The van der Waals surface area contributed by atoms with E-state index in [0.29, 0.717) is 11.6 Å². The Bertz CT molecular complexity index is 427. The molecule has 0 saturated carbocycles. The molecule has 2 aromatic heterocycles. The number of furan rings is 1. The summed E-state index contributed by atoms with van der Waals surface area (Å²) in [6, 6.07) is 7.52. The van der Waals surface area contributed by atoms with Crippen LogP contribution in [-0.2, 0) is 6.42 Å². The second-order valence-electron chi connectivity index (χ2n) is 3.14. The summed E-state index contributed by atoms with van der Waals surface area (Å²) in [6.07, 6.45) is 3.92. The molecular formula is C11H9Cl2NO. The minimum Gasteiger partial charge on any atom is -0.453 e. The van der Waals surface area contributed by atoms with Crippen LogP contribution in [0.1, 0.15) is 16.6 Å². The Hall–Kier alpha value is -0.990. The lowest BCUT2D eigenvalue weighted by Gasteiger charge is -2.06. The van der Waals surface area contributed by atoms with Crippen LogP contribution >= 0.6 is 23.2 Å².